The van der Waals surface area contributed by atoms with E-state index >= 15 is 0 Å². The molecule has 2 rings (SSSR count). The normalized spacial score (nSPS) is 10.1. The zero-order valence-electron chi connectivity index (χ0n) is 9.76. The maximum Gasteiger partial charge on any atom is 0.414 e. The van der Waals surface area contributed by atoms with E-state index in [-0.39, 0.29) is 6.61 Å². The lowest BCUT2D eigenvalue weighted by Gasteiger charge is -2.06. The maximum absolute atomic E-state index is 11.5. The van der Waals surface area contributed by atoms with Crippen molar-refractivity contribution in [2.24, 2.45) is 7.05 Å². The molecule has 0 aliphatic heterocycles. The molecular weight excluding hydrogens is 298 g/mol. The highest BCUT2D eigenvalue weighted by Crippen LogP contribution is 2.14. The summed E-state index contributed by atoms with van der Waals surface area (Å²) in [5.74, 6) is 0.430. The number of nitrogens with one attached hydrogen (secondary N) is 1. The molecule has 1 aromatic carbocycles. The topological polar surface area (TPSA) is 56.2 Å². The van der Waals surface area contributed by atoms with Crippen molar-refractivity contribution in [3.8, 4) is 0 Å². The number of imidazole rings is 1. The summed E-state index contributed by atoms with van der Waals surface area (Å²) in [6.07, 6.45) is 1.08. The number of aromatic nitrogens is 2. The van der Waals surface area contributed by atoms with Crippen LogP contribution in [0.1, 0.15) is 5.56 Å². The first-order chi connectivity index (χ1) is 8.66. The third-order valence-corrected chi connectivity index (χ3v) is 3.09. The van der Waals surface area contributed by atoms with Gasteiger partial charge in [0.2, 0.25) is 5.95 Å². The Balaban J connectivity index is 1.88. The molecule has 0 fully saturated rings. The summed E-state index contributed by atoms with van der Waals surface area (Å²) in [6.45, 7) is 0.234. The van der Waals surface area contributed by atoms with Gasteiger partial charge in [0.15, 0.2) is 0 Å². The summed E-state index contributed by atoms with van der Waals surface area (Å²) in [4.78, 5) is 15.6. The standard InChI is InChI=1S/C12H12BrN3O2/c1-16-10(13)7-14-11(16)15-12(17)18-8-9-5-3-2-4-6-9/h2-7H,8H2,1H3,(H,14,15,17). The van der Waals surface area contributed by atoms with Crippen LogP contribution in [0, 0.1) is 0 Å². The highest BCUT2D eigenvalue weighted by atomic mass is 79.9. The fourth-order valence-electron chi connectivity index (χ4n) is 1.36. The van der Waals surface area contributed by atoms with Gasteiger partial charge >= 0.3 is 6.09 Å². The molecule has 5 nitrogen and oxygen atoms in total. The van der Waals surface area contributed by atoms with Gasteiger partial charge in [0.1, 0.15) is 11.2 Å². The number of halogens is 1. The second-order valence-electron chi connectivity index (χ2n) is 3.65. The summed E-state index contributed by atoms with van der Waals surface area (Å²) in [6, 6.07) is 9.49. The number of carbonyl (C=O) groups is 1. The number of anilines is 1. The average molecular weight is 310 g/mol. The summed E-state index contributed by atoms with van der Waals surface area (Å²) in [5, 5.41) is 2.56. The zero-order valence-corrected chi connectivity index (χ0v) is 11.3. The number of hydrogen-bond acceptors (Lipinski definition) is 3. The van der Waals surface area contributed by atoms with Crippen LogP contribution in [-0.4, -0.2) is 15.6 Å². The van der Waals surface area contributed by atoms with Gasteiger partial charge in [-0.2, -0.15) is 0 Å². The monoisotopic (exact) mass is 309 g/mol. The van der Waals surface area contributed by atoms with Crippen molar-refractivity contribution in [3.05, 3.63) is 46.7 Å². The Bertz CT molecular complexity index is 540. The summed E-state index contributed by atoms with van der Waals surface area (Å²) in [5.41, 5.74) is 0.939. The van der Waals surface area contributed by atoms with E-state index in [9.17, 15) is 4.79 Å². The summed E-state index contributed by atoms with van der Waals surface area (Å²) in [7, 11) is 1.78. The van der Waals surface area contributed by atoms with Gasteiger partial charge in [-0.05, 0) is 21.5 Å². The highest BCUT2D eigenvalue weighted by Gasteiger charge is 2.09. The van der Waals surface area contributed by atoms with E-state index in [1.54, 1.807) is 17.8 Å². The van der Waals surface area contributed by atoms with E-state index in [4.69, 9.17) is 4.74 Å². The second kappa shape index (κ2) is 5.68. The minimum absolute atomic E-state index is 0.234. The van der Waals surface area contributed by atoms with Crippen LogP contribution in [0.3, 0.4) is 0 Å². The van der Waals surface area contributed by atoms with E-state index < -0.39 is 6.09 Å². The smallest absolute Gasteiger partial charge is 0.414 e. The number of carbonyl (C=O) groups excluding carboxylic acids is 1. The van der Waals surface area contributed by atoms with Crippen LogP contribution in [-0.2, 0) is 18.4 Å². The molecule has 94 valence electrons. The Morgan fingerprint density at radius 2 is 2.17 bits per heavy atom. The minimum atomic E-state index is -0.528. The van der Waals surface area contributed by atoms with E-state index in [2.05, 4.69) is 26.2 Å². The molecule has 0 atom stereocenters. The molecule has 0 aliphatic carbocycles. The SMILES string of the molecule is Cn1c(Br)cnc1NC(=O)OCc1ccccc1. The van der Waals surface area contributed by atoms with Gasteiger partial charge in [-0.1, -0.05) is 30.3 Å². The third-order valence-electron chi connectivity index (χ3n) is 2.36. The van der Waals surface area contributed by atoms with Crippen molar-refractivity contribution in [1.82, 2.24) is 9.55 Å². The predicted molar refractivity (Wildman–Crippen MR) is 71.2 cm³/mol. The highest BCUT2D eigenvalue weighted by molar-refractivity contribution is 9.10. The molecule has 0 unspecified atom stereocenters. The van der Waals surface area contributed by atoms with Crippen molar-refractivity contribution in [1.29, 1.82) is 0 Å². The molecule has 18 heavy (non-hydrogen) atoms. The number of ether oxygens (including phenoxy) is 1. The molecule has 1 heterocycles. The van der Waals surface area contributed by atoms with E-state index in [0.29, 0.717) is 5.95 Å². The van der Waals surface area contributed by atoms with Crippen molar-refractivity contribution >= 4 is 28.0 Å². The second-order valence-corrected chi connectivity index (χ2v) is 4.46. The lowest BCUT2D eigenvalue weighted by Crippen LogP contribution is -2.16. The number of amides is 1. The zero-order chi connectivity index (χ0) is 13.0. The van der Waals surface area contributed by atoms with Crippen molar-refractivity contribution in [2.75, 3.05) is 5.32 Å². The molecule has 1 amide bonds. The van der Waals surface area contributed by atoms with Crippen molar-refractivity contribution < 1.29 is 9.53 Å². The van der Waals surface area contributed by atoms with Gasteiger partial charge < -0.3 is 9.30 Å². The van der Waals surface area contributed by atoms with Crippen LogP contribution in [0.25, 0.3) is 0 Å². The molecule has 0 saturated heterocycles. The molecule has 0 bridgehead atoms. The fourth-order valence-corrected chi connectivity index (χ4v) is 1.63. The number of nitrogens with zero attached hydrogens (tertiary/aromatic N) is 2. The minimum Gasteiger partial charge on any atom is -0.444 e. The molecule has 1 aromatic heterocycles. The number of rotatable bonds is 3. The quantitative estimate of drug-likeness (QED) is 0.948. The predicted octanol–water partition coefficient (Wildman–Crippen LogP) is 2.93. The number of benzene rings is 1. The molecular formula is C12H12BrN3O2. The van der Waals surface area contributed by atoms with E-state index in [1.807, 2.05) is 30.3 Å². The Kier molecular flexibility index (Phi) is 3.99. The maximum atomic E-state index is 11.5. The molecule has 6 heteroatoms. The lowest BCUT2D eigenvalue weighted by molar-refractivity contribution is 0.155. The van der Waals surface area contributed by atoms with Crippen LogP contribution in [0.2, 0.25) is 0 Å². The van der Waals surface area contributed by atoms with E-state index in [0.717, 1.165) is 10.2 Å². The molecule has 0 radical (unpaired) electrons. The molecule has 0 saturated carbocycles. The fraction of sp³-hybridized carbons (Fsp3) is 0.167. The van der Waals surface area contributed by atoms with E-state index in [1.165, 1.54) is 0 Å². The molecule has 0 spiro atoms. The lowest BCUT2D eigenvalue weighted by atomic mass is 10.2. The van der Waals surface area contributed by atoms with Gasteiger partial charge in [0, 0.05) is 7.05 Å². The van der Waals surface area contributed by atoms with Crippen molar-refractivity contribution in [2.45, 2.75) is 6.61 Å². The van der Waals surface area contributed by atoms with Crippen LogP contribution in [0.15, 0.2) is 41.1 Å². The summed E-state index contributed by atoms with van der Waals surface area (Å²) >= 11 is 3.29. The average Bonchev–Trinajstić information content (AvgIpc) is 2.70. The number of hydrogen-bond donors (Lipinski definition) is 1. The molecule has 1 N–H and O–H groups in total. The van der Waals surface area contributed by atoms with Crippen LogP contribution < -0.4 is 5.32 Å². The van der Waals surface area contributed by atoms with Gasteiger partial charge in [0.25, 0.3) is 0 Å². The van der Waals surface area contributed by atoms with Gasteiger partial charge in [-0.3, -0.25) is 5.32 Å². The first-order valence-electron chi connectivity index (χ1n) is 5.32. The van der Waals surface area contributed by atoms with Gasteiger partial charge in [-0.15, -0.1) is 0 Å². The van der Waals surface area contributed by atoms with Crippen LogP contribution >= 0.6 is 15.9 Å². The van der Waals surface area contributed by atoms with Gasteiger partial charge in [-0.25, -0.2) is 9.78 Å². The Morgan fingerprint density at radius 3 is 2.78 bits per heavy atom. The Hall–Kier alpha value is -1.82. The Labute approximate surface area is 113 Å². The third kappa shape index (κ3) is 3.10. The first kappa shape index (κ1) is 12.6. The van der Waals surface area contributed by atoms with Crippen LogP contribution in [0.5, 0.6) is 0 Å². The van der Waals surface area contributed by atoms with Crippen LogP contribution in [0.4, 0.5) is 10.7 Å². The largest absolute Gasteiger partial charge is 0.444 e. The molecule has 0 aliphatic rings. The first-order valence-corrected chi connectivity index (χ1v) is 6.11. The summed E-state index contributed by atoms with van der Waals surface area (Å²) < 4.78 is 7.55. The molecule has 2 aromatic rings. The Morgan fingerprint density at radius 1 is 1.44 bits per heavy atom. The van der Waals surface area contributed by atoms with Crippen molar-refractivity contribution in [3.63, 3.8) is 0 Å². The van der Waals surface area contributed by atoms with Gasteiger partial charge in [0.05, 0.1) is 6.20 Å².